The Morgan fingerprint density at radius 3 is 2.41 bits per heavy atom. The van der Waals surface area contributed by atoms with Gasteiger partial charge in [-0.1, -0.05) is 36.8 Å². The summed E-state index contributed by atoms with van der Waals surface area (Å²) >= 11 is 0. The monoisotopic (exact) mass is 500 g/mol. The van der Waals surface area contributed by atoms with Crippen LogP contribution in [0.5, 0.6) is 11.6 Å². The standard InChI is InChI=1S/C28H28N4O5/c33-16(14-31-11-4-1-5-12-31)15-32-25-18(8-6-10-21(25)34)23(28(32)37)24-22(26(35)30-27(24)36)19-13-29-20-9-3-2-7-17(19)20/h2-3,6-10,13,16,29,33-34,37H,1,4-5,11-12,14-15H2,(H,30,35,36). The first-order chi connectivity index (χ1) is 17.9. The Morgan fingerprint density at radius 1 is 0.865 bits per heavy atom. The van der Waals surface area contributed by atoms with Crippen LogP contribution in [0.1, 0.15) is 30.4 Å². The molecule has 4 aromatic rings. The molecule has 0 aliphatic carbocycles. The number of piperidine rings is 1. The van der Waals surface area contributed by atoms with Gasteiger partial charge in [0.05, 0.1) is 34.9 Å². The number of H-pyrrole nitrogens is 1. The van der Waals surface area contributed by atoms with Crippen molar-refractivity contribution in [2.24, 2.45) is 0 Å². The maximum absolute atomic E-state index is 13.2. The number of fused-ring (bicyclic) bond motifs is 2. The quantitative estimate of drug-likeness (QED) is 0.259. The van der Waals surface area contributed by atoms with E-state index < -0.39 is 17.9 Å². The molecule has 1 fully saturated rings. The van der Waals surface area contributed by atoms with E-state index in [1.807, 2.05) is 24.3 Å². The van der Waals surface area contributed by atoms with Gasteiger partial charge in [0.25, 0.3) is 11.8 Å². The number of aliphatic hydroxyl groups excluding tert-OH is 1. The highest BCUT2D eigenvalue weighted by molar-refractivity contribution is 6.51. The second-order valence-corrected chi connectivity index (χ2v) is 9.78. The summed E-state index contributed by atoms with van der Waals surface area (Å²) < 4.78 is 1.44. The molecule has 1 saturated heterocycles. The van der Waals surface area contributed by atoms with Gasteiger partial charge in [0.15, 0.2) is 0 Å². The van der Waals surface area contributed by atoms with Crippen LogP contribution in [0.2, 0.25) is 0 Å². The number of aliphatic hydroxyl groups is 1. The Balaban J connectivity index is 1.51. The zero-order valence-electron chi connectivity index (χ0n) is 20.2. The van der Waals surface area contributed by atoms with Gasteiger partial charge in [-0.15, -0.1) is 0 Å². The number of imide groups is 1. The molecule has 0 spiro atoms. The Morgan fingerprint density at radius 2 is 1.59 bits per heavy atom. The fraction of sp³-hybridized carbons (Fsp3) is 0.286. The fourth-order valence-electron chi connectivity index (χ4n) is 5.74. The maximum atomic E-state index is 13.2. The first-order valence-corrected chi connectivity index (χ1v) is 12.5. The van der Waals surface area contributed by atoms with Gasteiger partial charge >= 0.3 is 0 Å². The van der Waals surface area contributed by atoms with Crippen molar-refractivity contribution in [2.45, 2.75) is 31.9 Å². The van der Waals surface area contributed by atoms with Crippen LogP contribution in [0.15, 0.2) is 48.7 Å². The number of phenols is 1. The third-order valence-electron chi connectivity index (χ3n) is 7.38. The van der Waals surface area contributed by atoms with E-state index in [0.29, 0.717) is 23.0 Å². The third kappa shape index (κ3) is 3.87. The number of nitrogens with zero attached hydrogens (tertiary/aromatic N) is 2. The molecule has 6 rings (SSSR count). The molecule has 0 saturated carbocycles. The predicted octanol–water partition coefficient (Wildman–Crippen LogP) is 2.95. The van der Waals surface area contributed by atoms with Crippen molar-refractivity contribution < 1.29 is 24.9 Å². The van der Waals surface area contributed by atoms with Crippen molar-refractivity contribution in [3.05, 3.63) is 59.8 Å². The Labute approximate surface area is 212 Å². The van der Waals surface area contributed by atoms with Gasteiger partial charge in [0, 0.05) is 34.6 Å². The van der Waals surface area contributed by atoms with Gasteiger partial charge < -0.3 is 29.8 Å². The first kappa shape index (κ1) is 23.3. The van der Waals surface area contributed by atoms with E-state index in [-0.39, 0.29) is 34.9 Å². The van der Waals surface area contributed by atoms with Gasteiger partial charge in [-0.3, -0.25) is 14.9 Å². The molecule has 5 N–H and O–H groups in total. The number of carbonyl (C=O) groups is 2. The minimum Gasteiger partial charge on any atom is -0.506 e. The molecule has 2 amide bonds. The number of phenolic OH excluding ortho intramolecular Hbond substituents is 1. The normalized spacial score (nSPS) is 17.8. The molecule has 9 heteroatoms. The number of aromatic nitrogens is 2. The van der Waals surface area contributed by atoms with Crippen molar-refractivity contribution >= 4 is 44.8 Å². The highest BCUT2D eigenvalue weighted by Crippen LogP contribution is 2.45. The second-order valence-electron chi connectivity index (χ2n) is 9.78. The van der Waals surface area contributed by atoms with Crippen molar-refractivity contribution in [1.82, 2.24) is 19.8 Å². The zero-order chi connectivity index (χ0) is 25.7. The highest BCUT2D eigenvalue weighted by Gasteiger charge is 2.37. The predicted molar refractivity (Wildman–Crippen MR) is 140 cm³/mol. The number of amides is 2. The zero-order valence-corrected chi connectivity index (χ0v) is 20.2. The minimum absolute atomic E-state index is 0.0155. The molecule has 37 heavy (non-hydrogen) atoms. The summed E-state index contributed by atoms with van der Waals surface area (Å²) in [4.78, 5) is 31.5. The lowest BCUT2D eigenvalue weighted by Gasteiger charge is -2.28. The Bertz CT molecular complexity index is 1570. The second kappa shape index (κ2) is 9.10. The smallest absolute Gasteiger partial charge is 0.259 e. The van der Waals surface area contributed by atoms with Crippen LogP contribution in [0, 0.1) is 0 Å². The summed E-state index contributed by atoms with van der Waals surface area (Å²) in [7, 11) is 0. The molecule has 2 aromatic heterocycles. The van der Waals surface area contributed by atoms with Crippen LogP contribution in [0.25, 0.3) is 33.0 Å². The van der Waals surface area contributed by atoms with Crippen molar-refractivity contribution in [3.63, 3.8) is 0 Å². The van der Waals surface area contributed by atoms with Crippen molar-refractivity contribution in [1.29, 1.82) is 0 Å². The fourth-order valence-corrected chi connectivity index (χ4v) is 5.74. The average molecular weight is 501 g/mol. The van der Waals surface area contributed by atoms with Crippen LogP contribution in [-0.2, 0) is 16.1 Å². The largest absolute Gasteiger partial charge is 0.506 e. The first-order valence-electron chi connectivity index (χ1n) is 12.5. The highest BCUT2D eigenvalue weighted by atomic mass is 16.3. The molecule has 2 aliphatic rings. The molecule has 4 heterocycles. The van der Waals surface area contributed by atoms with Crippen molar-refractivity contribution in [2.75, 3.05) is 19.6 Å². The van der Waals surface area contributed by atoms with E-state index in [9.17, 15) is 24.9 Å². The number of β-amino-alcohol motifs (C(OH)–C–C–N with tert-alkyl or cyclic N) is 1. The summed E-state index contributed by atoms with van der Waals surface area (Å²) in [5.41, 5.74) is 1.98. The average Bonchev–Trinajstić information content (AvgIpc) is 3.51. The van der Waals surface area contributed by atoms with Crippen LogP contribution < -0.4 is 5.32 Å². The number of aromatic amines is 1. The summed E-state index contributed by atoms with van der Waals surface area (Å²) in [6, 6.07) is 12.2. The van der Waals surface area contributed by atoms with Crippen LogP contribution >= 0.6 is 0 Å². The maximum Gasteiger partial charge on any atom is 0.259 e. The molecular weight excluding hydrogens is 472 g/mol. The number of para-hydroxylation sites is 2. The number of rotatable bonds is 6. The van der Waals surface area contributed by atoms with E-state index in [2.05, 4.69) is 15.2 Å². The summed E-state index contributed by atoms with van der Waals surface area (Å²) in [6.07, 6.45) is 4.22. The number of hydrogen-bond donors (Lipinski definition) is 5. The summed E-state index contributed by atoms with van der Waals surface area (Å²) in [5.74, 6) is -1.57. The van der Waals surface area contributed by atoms with E-state index >= 15 is 0 Å². The van der Waals surface area contributed by atoms with Gasteiger partial charge in [0.2, 0.25) is 5.88 Å². The SMILES string of the molecule is O=C1NC(=O)C(c2c(O)n(CC(O)CN3CCCCC3)c3c(O)cccc23)=C1c1c[nH]c2ccccc12. The molecule has 2 aromatic carbocycles. The lowest BCUT2D eigenvalue weighted by atomic mass is 9.95. The van der Waals surface area contributed by atoms with E-state index in [0.717, 1.165) is 36.8 Å². The number of nitrogens with one attached hydrogen (secondary N) is 2. The number of carbonyl (C=O) groups excluding carboxylic acids is 2. The lowest BCUT2D eigenvalue weighted by Crippen LogP contribution is -2.38. The molecular formula is C28H28N4O5. The molecule has 190 valence electrons. The summed E-state index contributed by atoms with van der Waals surface area (Å²) in [6.45, 7) is 2.27. The van der Waals surface area contributed by atoms with Gasteiger partial charge in [-0.05, 0) is 38.1 Å². The molecule has 1 unspecified atom stereocenters. The van der Waals surface area contributed by atoms with E-state index in [1.165, 1.54) is 17.1 Å². The Hall–Kier alpha value is -4.08. The molecule has 1 atom stereocenters. The molecule has 9 nitrogen and oxygen atoms in total. The minimum atomic E-state index is -0.812. The molecule has 2 aliphatic heterocycles. The number of aromatic hydroxyl groups is 2. The molecule has 0 bridgehead atoms. The summed E-state index contributed by atoms with van der Waals surface area (Å²) in [5, 5.41) is 36.7. The van der Waals surface area contributed by atoms with Crippen LogP contribution in [-0.4, -0.2) is 67.3 Å². The third-order valence-corrected chi connectivity index (χ3v) is 7.38. The van der Waals surface area contributed by atoms with E-state index in [4.69, 9.17) is 0 Å². The number of hydrogen-bond acceptors (Lipinski definition) is 6. The van der Waals surface area contributed by atoms with Gasteiger partial charge in [-0.25, -0.2) is 0 Å². The topological polar surface area (TPSA) is 131 Å². The van der Waals surface area contributed by atoms with Gasteiger partial charge in [-0.2, -0.15) is 0 Å². The van der Waals surface area contributed by atoms with Crippen LogP contribution in [0.3, 0.4) is 0 Å². The lowest BCUT2D eigenvalue weighted by molar-refractivity contribution is -0.122. The molecule has 0 radical (unpaired) electrons. The van der Waals surface area contributed by atoms with Crippen LogP contribution in [0.4, 0.5) is 0 Å². The van der Waals surface area contributed by atoms with E-state index in [1.54, 1.807) is 18.3 Å². The number of benzene rings is 2. The van der Waals surface area contributed by atoms with Crippen molar-refractivity contribution in [3.8, 4) is 11.6 Å². The number of likely N-dealkylation sites (tertiary alicyclic amines) is 1. The Kier molecular flexibility index (Phi) is 5.73. The van der Waals surface area contributed by atoms with Gasteiger partial charge in [0.1, 0.15) is 5.75 Å².